The second-order valence-corrected chi connectivity index (χ2v) is 5.83. The predicted octanol–water partition coefficient (Wildman–Crippen LogP) is 3.50. The lowest BCUT2D eigenvalue weighted by atomic mass is 9.99. The minimum atomic E-state index is 0.201. The van der Waals surface area contributed by atoms with Crippen LogP contribution in [0.1, 0.15) is 39.5 Å². The smallest absolute Gasteiger partial charge is 0.0606 e. The van der Waals surface area contributed by atoms with Gasteiger partial charge in [-0.25, -0.2) is 0 Å². The monoisotopic (exact) mass is 276 g/mol. The largest absolute Gasteiger partial charge is 0.395 e. The molecule has 0 heterocycles. The van der Waals surface area contributed by atoms with Crippen LogP contribution in [0.5, 0.6) is 0 Å². The molecular weight excluding hydrogens is 248 g/mol. The average Bonchev–Trinajstić information content (AvgIpc) is 3.00. The summed E-state index contributed by atoms with van der Waals surface area (Å²) in [5.41, 5.74) is 2.38. The Kier molecular flexibility index (Phi) is 5.72. The lowest BCUT2D eigenvalue weighted by Crippen LogP contribution is -2.26. The van der Waals surface area contributed by atoms with Crippen LogP contribution in [0.15, 0.2) is 24.3 Å². The van der Waals surface area contributed by atoms with Crippen LogP contribution in [-0.2, 0) is 0 Å². The Morgan fingerprint density at radius 1 is 1.25 bits per heavy atom. The van der Waals surface area contributed by atoms with Crippen molar-refractivity contribution in [2.75, 3.05) is 29.9 Å². The van der Waals surface area contributed by atoms with Crippen molar-refractivity contribution in [1.82, 2.24) is 0 Å². The first-order valence-electron chi connectivity index (χ1n) is 7.97. The van der Waals surface area contributed by atoms with E-state index in [1.54, 1.807) is 0 Å². The van der Waals surface area contributed by atoms with E-state index in [2.05, 4.69) is 48.3 Å². The summed E-state index contributed by atoms with van der Waals surface area (Å²) in [6.07, 6.45) is 5.52. The molecule has 1 atom stereocenters. The molecule has 1 saturated carbocycles. The van der Waals surface area contributed by atoms with Gasteiger partial charge < -0.3 is 15.3 Å². The van der Waals surface area contributed by atoms with Crippen molar-refractivity contribution in [1.29, 1.82) is 0 Å². The molecule has 1 aromatic rings. The molecule has 1 unspecified atom stereocenters. The summed E-state index contributed by atoms with van der Waals surface area (Å²) in [5, 5.41) is 12.7. The van der Waals surface area contributed by atoms with E-state index in [1.807, 2.05) is 0 Å². The van der Waals surface area contributed by atoms with Crippen LogP contribution in [0, 0.1) is 5.92 Å². The fraction of sp³-hybridized carbons (Fsp3) is 0.647. The van der Waals surface area contributed by atoms with E-state index in [0.717, 1.165) is 12.5 Å². The minimum Gasteiger partial charge on any atom is -0.395 e. The summed E-state index contributed by atoms with van der Waals surface area (Å²) in [6, 6.07) is 9.15. The van der Waals surface area contributed by atoms with E-state index in [4.69, 9.17) is 5.11 Å². The van der Waals surface area contributed by atoms with E-state index in [0.29, 0.717) is 12.6 Å². The van der Waals surface area contributed by atoms with Gasteiger partial charge >= 0.3 is 0 Å². The highest BCUT2D eigenvalue weighted by atomic mass is 16.3. The van der Waals surface area contributed by atoms with Crippen LogP contribution in [0.4, 0.5) is 11.4 Å². The summed E-state index contributed by atoms with van der Waals surface area (Å²) in [6.45, 7) is 6.23. The van der Waals surface area contributed by atoms with Crippen molar-refractivity contribution < 1.29 is 5.11 Å². The van der Waals surface area contributed by atoms with E-state index in [1.165, 1.54) is 37.1 Å². The van der Waals surface area contributed by atoms with Crippen LogP contribution in [-0.4, -0.2) is 30.8 Å². The zero-order valence-electron chi connectivity index (χ0n) is 12.8. The van der Waals surface area contributed by atoms with E-state index in [-0.39, 0.29) is 6.61 Å². The molecule has 1 aliphatic carbocycles. The summed E-state index contributed by atoms with van der Waals surface area (Å²) in [4.78, 5) is 2.18. The molecule has 1 fully saturated rings. The third-order valence-corrected chi connectivity index (χ3v) is 4.49. The molecule has 0 bridgehead atoms. The van der Waals surface area contributed by atoms with Crippen molar-refractivity contribution in [3.63, 3.8) is 0 Å². The Hall–Kier alpha value is -1.22. The van der Waals surface area contributed by atoms with Gasteiger partial charge in [0.25, 0.3) is 0 Å². The molecule has 20 heavy (non-hydrogen) atoms. The van der Waals surface area contributed by atoms with E-state index < -0.39 is 0 Å². The number of nitrogens with one attached hydrogen (secondary N) is 1. The molecule has 3 nitrogen and oxygen atoms in total. The molecule has 3 heteroatoms. The van der Waals surface area contributed by atoms with Gasteiger partial charge in [0.15, 0.2) is 0 Å². The molecule has 0 amide bonds. The quantitative estimate of drug-likeness (QED) is 0.800. The second kappa shape index (κ2) is 7.53. The molecular formula is C17H28N2O. The predicted molar refractivity (Wildman–Crippen MR) is 86.5 cm³/mol. The molecule has 1 aromatic carbocycles. The number of anilines is 2. The Morgan fingerprint density at radius 3 is 2.45 bits per heavy atom. The van der Waals surface area contributed by atoms with E-state index >= 15 is 0 Å². The number of nitrogens with zero attached hydrogens (tertiary/aromatic N) is 1. The number of rotatable bonds is 7. The average molecular weight is 276 g/mol. The van der Waals surface area contributed by atoms with Gasteiger partial charge in [0.1, 0.15) is 0 Å². The zero-order valence-corrected chi connectivity index (χ0v) is 12.8. The fourth-order valence-electron chi connectivity index (χ4n) is 3.20. The zero-order chi connectivity index (χ0) is 14.4. The number of hydrogen-bond donors (Lipinski definition) is 2. The third-order valence-electron chi connectivity index (χ3n) is 4.49. The van der Waals surface area contributed by atoms with Crippen molar-refractivity contribution in [2.45, 2.75) is 45.6 Å². The molecule has 0 saturated heterocycles. The summed E-state index contributed by atoms with van der Waals surface area (Å²) in [5.74, 6) is 0.830. The summed E-state index contributed by atoms with van der Waals surface area (Å²) in [7, 11) is 0. The Labute approximate surface area is 123 Å². The Balaban J connectivity index is 1.93. The van der Waals surface area contributed by atoms with Crippen LogP contribution in [0.2, 0.25) is 0 Å². The lowest BCUT2D eigenvalue weighted by Gasteiger charge is -2.24. The first kappa shape index (κ1) is 15.2. The number of aliphatic hydroxyl groups is 1. The number of hydrogen-bond acceptors (Lipinski definition) is 3. The third kappa shape index (κ3) is 3.89. The molecule has 112 valence electrons. The van der Waals surface area contributed by atoms with Crippen molar-refractivity contribution >= 4 is 11.4 Å². The molecule has 0 aromatic heterocycles. The van der Waals surface area contributed by atoms with Gasteiger partial charge in [-0.15, -0.1) is 0 Å². The van der Waals surface area contributed by atoms with Crippen LogP contribution < -0.4 is 10.2 Å². The first-order chi connectivity index (χ1) is 9.74. The number of benzene rings is 1. The molecule has 0 radical (unpaired) electrons. The SMILES string of the molecule is CCN(CCO)c1ccc(NC(C)C2CCCC2)cc1. The van der Waals surface area contributed by atoms with Crippen molar-refractivity contribution in [3.05, 3.63) is 24.3 Å². The maximum Gasteiger partial charge on any atom is 0.0606 e. The highest BCUT2D eigenvalue weighted by Gasteiger charge is 2.21. The molecule has 0 spiro atoms. The number of likely N-dealkylation sites (N-methyl/N-ethyl adjacent to an activating group) is 1. The van der Waals surface area contributed by atoms with Gasteiger partial charge in [-0.05, 0) is 56.9 Å². The Morgan fingerprint density at radius 2 is 1.90 bits per heavy atom. The molecule has 2 N–H and O–H groups in total. The van der Waals surface area contributed by atoms with Gasteiger partial charge in [-0.1, -0.05) is 12.8 Å². The van der Waals surface area contributed by atoms with Crippen LogP contribution in [0.3, 0.4) is 0 Å². The van der Waals surface area contributed by atoms with Gasteiger partial charge in [0.2, 0.25) is 0 Å². The topological polar surface area (TPSA) is 35.5 Å². The highest BCUT2D eigenvalue weighted by Crippen LogP contribution is 2.29. The summed E-state index contributed by atoms with van der Waals surface area (Å²) < 4.78 is 0. The van der Waals surface area contributed by atoms with Crippen molar-refractivity contribution in [3.8, 4) is 0 Å². The summed E-state index contributed by atoms with van der Waals surface area (Å²) >= 11 is 0. The maximum atomic E-state index is 9.07. The standard InChI is InChI=1S/C17H28N2O/c1-3-19(12-13-20)17-10-8-16(9-11-17)18-14(2)15-6-4-5-7-15/h8-11,14-15,18,20H,3-7,12-13H2,1-2H3. The van der Waals surface area contributed by atoms with Gasteiger partial charge in [-0.2, -0.15) is 0 Å². The number of aliphatic hydroxyl groups excluding tert-OH is 1. The first-order valence-corrected chi connectivity index (χ1v) is 7.97. The van der Waals surface area contributed by atoms with Crippen LogP contribution >= 0.6 is 0 Å². The van der Waals surface area contributed by atoms with E-state index in [9.17, 15) is 0 Å². The van der Waals surface area contributed by atoms with Crippen molar-refractivity contribution in [2.24, 2.45) is 5.92 Å². The Bertz CT molecular complexity index is 384. The minimum absolute atomic E-state index is 0.201. The lowest BCUT2D eigenvalue weighted by molar-refractivity contribution is 0.302. The van der Waals surface area contributed by atoms with Gasteiger partial charge in [-0.3, -0.25) is 0 Å². The normalized spacial score (nSPS) is 17.1. The molecule has 1 aliphatic rings. The second-order valence-electron chi connectivity index (χ2n) is 5.83. The molecule has 0 aliphatic heterocycles. The molecule has 2 rings (SSSR count). The fourth-order valence-corrected chi connectivity index (χ4v) is 3.20. The van der Waals surface area contributed by atoms with Gasteiger partial charge in [0, 0.05) is 30.5 Å². The highest BCUT2D eigenvalue weighted by molar-refractivity contribution is 5.55. The van der Waals surface area contributed by atoms with Crippen LogP contribution in [0.25, 0.3) is 0 Å². The van der Waals surface area contributed by atoms with Gasteiger partial charge in [0.05, 0.1) is 6.61 Å². The maximum absolute atomic E-state index is 9.07.